The Morgan fingerprint density at radius 3 is 2.33 bits per heavy atom. The third kappa shape index (κ3) is 5.78. The first kappa shape index (κ1) is 19.8. The quantitative estimate of drug-likeness (QED) is 0.587. The minimum atomic E-state index is -0.190. The molecular formula is C21H34N4O2+2. The van der Waals surface area contributed by atoms with E-state index in [0.29, 0.717) is 13.1 Å². The molecule has 0 saturated carbocycles. The molecule has 0 bridgehead atoms. The van der Waals surface area contributed by atoms with Crippen molar-refractivity contribution < 1.29 is 19.4 Å². The van der Waals surface area contributed by atoms with Crippen molar-refractivity contribution in [3.05, 3.63) is 35.4 Å². The van der Waals surface area contributed by atoms with Crippen LogP contribution in [-0.2, 0) is 22.6 Å². The lowest BCUT2D eigenvalue weighted by Crippen LogP contribution is -3.16. The number of nitrogens with zero attached hydrogens (tertiary/aromatic N) is 1. The van der Waals surface area contributed by atoms with E-state index in [-0.39, 0.29) is 17.4 Å². The maximum Gasteiger partial charge on any atom is 0.278 e. The fraction of sp³-hybridized carbons (Fsp3) is 0.619. The predicted octanol–water partition coefficient (Wildman–Crippen LogP) is -1.73. The van der Waals surface area contributed by atoms with Gasteiger partial charge in [-0.05, 0) is 26.3 Å². The van der Waals surface area contributed by atoms with Gasteiger partial charge >= 0.3 is 0 Å². The van der Waals surface area contributed by atoms with Gasteiger partial charge in [0, 0.05) is 17.5 Å². The van der Waals surface area contributed by atoms with Crippen molar-refractivity contribution in [2.24, 2.45) is 0 Å². The molecule has 3 N–H and O–H groups in total. The summed E-state index contributed by atoms with van der Waals surface area (Å²) >= 11 is 0. The molecule has 27 heavy (non-hydrogen) atoms. The highest BCUT2D eigenvalue weighted by atomic mass is 16.2. The van der Waals surface area contributed by atoms with Gasteiger partial charge in [-0.2, -0.15) is 0 Å². The lowest BCUT2D eigenvalue weighted by atomic mass is 10.00. The molecule has 6 heteroatoms. The van der Waals surface area contributed by atoms with Crippen molar-refractivity contribution >= 4 is 11.8 Å². The van der Waals surface area contributed by atoms with Crippen molar-refractivity contribution in [3.63, 3.8) is 0 Å². The average Bonchev–Trinajstić information content (AvgIpc) is 2.60. The molecule has 0 aliphatic carbocycles. The van der Waals surface area contributed by atoms with Crippen LogP contribution in [0.4, 0.5) is 0 Å². The van der Waals surface area contributed by atoms with Gasteiger partial charge in [-0.3, -0.25) is 9.59 Å². The smallest absolute Gasteiger partial charge is 0.278 e. The summed E-state index contributed by atoms with van der Waals surface area (Å²) in [7, 11) is 0. The fourth-order valence-electron chi connectivity index (χ4n) is 4.06. The highest BCUT2D eigenvalue weighted by Gasteiger charge is 2.29. The number of hydrogen-bond donors (Lipinski definition) is 3. The molecule has 6 nitrogen and oxygen atoms in total. The molecule has 1 unspecified atom stereocenters. The molecule has 2 amide bonds. The summed E-state index contributed by atoms with van der Waals surface area (Å²) in [5, 5.41) is 3.02. The van der Waals surface area contributed by atoms with Gasteiger partial charge in [0.2, 0.25) is 0 Å². The molecule has 0 radical (unpaired) electrons. The number of nitrogens with one attached hydrogen (secondary N) is 3. The van der Waals surface area contributed by atoms with Gasteiger partial charge in [-0.15, -0.1) is 0 Å². The lowest BCUT2D eigenvalue weighted by Gasteiger charge is -2.33. The largest absolute Gasteiger partial charge is 0.347 e. The van der Waals surface area contributed by atoms with E-state index in [1.807, 2.05) is 25.7 Å². The highest BCUT2D eigenvalue weighted by molar-refractivity contribution is 5.78. The Morgan fingerprint density at radius 1 is 1.00 bits per heavy atom. The van der Waals surface area contributed by atoms with Crippen molar-refractivity contribution in [1.82, 2.24) is 10.2 Å². The van der Waals surface area contributed by atoms with Gasteiger partial charge in [-0.25, -0.2) is 0 Å². The SMILES string of the molecule is CC(C)(C)NC(=O)C[NH+]1CCN(C(=O)C[NH+]2CCc3ccccc3C2)CC1. The average molecular weight is 375 g/mol. The number of benzene rings is 1. The molecule has 1 atom stereocenters. The monoisotopic (exact) mass is 374 g/mol. The van der Waals surface area contributed by atoms with Crippen molar-refractivity contribution in [2.45, 2.75) is 39.3 Å². The van der Waals surface area contributed by atoms with E-state index >= 15 is 0 Å². The zero-order valence-corrected chi connectivity index (χ0v) is 16.9. The van der Waals surface area contributed by atoms with Gasteiger partial charge in [0.25, 0.3) is 11.8 Å². The van der Waals surface area contributed by atoms with Crippen LogP contribution in [-0.4, -0.2) is 68.1 Å². The predicted molar refractivity (Wildman–Crippen MR) is 105 cm³/mol. The summed E-state index contributed by atoms with van der Waals surface area (Å²) in [6, 6.07) is 8.56. The Labute approximate surface area is 162 Å². The lowest BCUT2D eigenvalue weighted by molar-refractivity contribution is -0.909. The maximum atomic E-state index is 12.7. The van der Waals surface area contributed by atoms with E-state index in [1.54, 1.807) is 0 Å². The molecule has 1 aromatic rings. The minimum absolute atomic E-state index is 0.0914. The topological polar surface area (TPSA) is 58.3 Å². The molecule has 1 fully saturated rings. The van der Waals surface area contributed by atoms with Gasteiger partial charge in [0.15, 0.2) is 13.1 Å². The van der Waals surface area contributed by atoms with Crippen LogP contribution in [0.3, 0.4) is 0 Å². The van der Waals surface area contributed by atoms with Crippen molar-refractivity contribution in [1.29, 1.82) is 0 Å². The van der Waals surface area contributed by atoms with Gasteiger partial charge < -0.3 is 20.0 Å². The first-order chi connectivity index (χ1) is 12.8. The molecule has 148 valence electrons. The summed E-state index contributed by atoms with van der Waals surface area (Å²) in [5.74, 6) is 0.344. The zero-order chi connectivity index (χ0) is 19.4. The first-order valence-electron chi connectivity index (χ1n) is 10.1. The number of fused-ring (bicyclic) bond motifs is 1. The van der Waals surface area contributed by atoms with E-state index in [9.17, 15) is 9.59 Å². The summed E-state index contributed by atoms with van der Waals surface area (Å²) in [5.41, 5.74) is 2.62. The fourth-order valence-corrected chi connectivity index (χ4v) is 4.06. The standard InChI is InChI=1S/C21H32N4O2/c1-21(2,3)22-19(26)15-23-10-12-25(13-11-23)20(27)16-24-9-8-17-6-4-5-7-18(17)14-24/h4-7H,8-16H2,1-3H3,(H,22,26)/p+2. The van der Waals surface area contributed by atoms with E-state index in [4.69, 9.17) is 0 Å². The summed E-state index contributed by atoms with van der Waals surface area (Å²) in [6.45, 7) is 12.2. The Kier molecular flexibility index (Phi) is 6.17. The van der Waals surface area contributed by atoms with Gasteiger partial charge in [0.05, 0.1) is 32.7 Å². The molecular weight excluding hydrogens is 340 g/mol. The Balaban J connectivity index is 1.42. The number of carbonyl (C=O) groups is 2. The Bertz CT molecular complexity index is 675. The second kappa shape index (κ2) is 8.40. The van der Waals surface area contributed by atoms with E-state index in [0.717, 1.165) is 45.7 Å². The number of piperazine rings is 1. The van der Waals surface area contributed by atoms with Crippen LogP contribution >= 0.6 is 0 Å². The molecule has 0 spiro atoms. The van der Waals surface area contributed by atoms with E-state index in [1.165, 1.54) is 20.9 Å². The third-order valence-corrected chi connectivity index (χ3v) is 5.46. The van der Waals surface area contributed by atoms with Gasteiger partial charge in [0.1, 0.15) is 6.54 Å². The van der Waals surface area contributed by atoms with E-state index in [2.05, 4.69) is 29.6 Å². The first-order valence-corrected chi connectivity index (χ1v) is 10.1. The summed E-state index contributed by atoms with van der Waals surface area (Å²) < 4.78 is 0. The van der Waals surface area contributed by atoms with Crippen LogP contribution in [0.5, 0.6) is 0 Å². The highest BCUT2D eigenvalue weighted by Crippen LogP contribution is 2.10. The van der Waals surface area contributed by atoms with Crippen LogP contribution < -0.4 is 15.1 Å². The van der Waals surface area contributed by atoms with Gasteiger partial charge in [-0.1, -0.05) is 24.3 Å². The minimum Gasteiger partial charge on any atom is -0.347 e. The molecule has 0 aromatic heterocycles. The summed E-state index contributed by atoms with van der Waals surface area (Å²) in [4.78, 5) is 29.4. The second-order valence-corrected chi connectivity index (χ2v) is 8.98. The third-order valence-electron chi connectivity index (χ3n) is 5.46. The zero-order valence-electron chi connectivity index (χ0n) is 16.9. The van der Waals surface area contributed by atoms with Crippen LogP contribution in [0, 0.1) is 0 Å². The van der Waals surface area contributed by atoms with Crippen LogP contribution in [0.25, 0.3) is 0 Å². The number of carbonyl (C=O) groups excluding carboxylic acids is 2. The second-order valence-electron chi connectivity index (χ2n) is 8.98. The molecule has 2 aliphatic heterocycles. The van der Waals surface area contributed by atoms with Crippen molar-refractivity contribution in [3.8, 4) is 0 Å². The van der Waals surface area contributed by atoms with Crippen LogP contribution in [0.2, 0.25) is 0 Å². The number of quaternary nitrogens is 2. The molecule has 2 aliphatic rings. The molecule has 2 heterocycles. The molecule has 3 rings (SSSR count). The number of amides is 2. The van der Waals surface area contributed by atoms with Crippen molar-refractivity contribution in [2.75, 3.05) is 45.8 Å². The van der Waals surface area contributed by atoms with Crippen LogP contribution in [0.1, 0.15) is 31.9 Å². The number of hydrogen-bond acceptors (Lipinski definition) is 2. The number of rotatable bonds is 4. The maximum absolute atomic E-state index is 12.7. The Morgan fingerprint density at radius 2 is 1.67 bits per heavy atom. The normalized spacial score (nSPS) is 20.9. The van der Waals surface area contributed by atoms with Crippen LogP contribution in [0.15, 0.2) is 24.3 Å². The molecule has 1 saturated heterocycles. The van der Waals surface area contributed by atoms with E-state index < -0.39 is 0 Å². The molecule has 1 aromatic carbocycles. The Hall–Kier alpha value is -1.92. The summed E-state index contributed by atoms with van der Waals surface area (Å²) in [6.07, 6.45) is 1.06.